The van der Waals surface area contributed by atoms with Crippen molar-refractivity contribution in [2.45, 2.75) is 19.4 Å². The predicted octanol–water partition coefficient (Wildman–Crippen LogP) is 3.02. The minimum absolute atomic E-state index is 0.696. The number of fused-ring (bicyclic) bond motifs is 1. The number of nitrogens with zero attached hydrogens (tertiary/aromatic N) is 4. The Hall–Kier alpha value is -2.40. The zero-order valence-corrected chi connectivity index (χ0v) is 13.4. The molecule has 3 rings (SSSR count). The average Bonchev–Trinajstić information content (AvgIpc) is 2.98. The molecule has 0 N–H and O–H groups in total. The van der Waals surface area contributed by atoms with Gasteiger partial charge in [0, 0.05) is 31.2 Å². The highest BCUT2D eigenvalue weighted by atomic mass is 16.5. The first-order valence-corrected chi connectivity index (χ1v) is 7.96. The van der Waals surface area contributed by atoms with E-state index in [-0.39, 0.29) is 0 Å². The van der Waals surface area contributed by atoms with Gasteiger partial charge >= 0.3 is 0 Å². The van der Waals surface area contributed by atoms with Gasteiger partial charge in [-0.05, 0) is 56.3 Å². The lowest BCUT2D eigenvalue weighted by molar-refractivity contribution is 0.269. The molecule has 0 saturated carbocycles. The molecule has 0 bridgehead atoms. The van der Waals surface area contributed by atoms with E-state index in [4.69, 9.17) is 4.74 Å². The van der Waals surface area contributed by atoms with Gasteiger partial charge < -0.3 is 9.64 Å². The second kappa shape index (κ2) is 7.74. The van der Waals surface area contributed by atoms with Crippen LogP contribution in [0.25, 0.3) is 5.52 Å². The van der Waals surface area contributed by atoms with E-state index in [2.05, 4.69) is 34.2 Å². The van der Waals surface area contributed by atoms with Crippen molar-refractivity contribution in [3.8, 4) is 5.88 Å². The third-order valence-corrected chi connectivity index (χ3v) is 3.73. The van der Waals surface area contributed by atoms with Crippen LogP contribution in [-0.4, -0.2) is 39.7 Å². The Morgan fingerprint density at radius 3 is 2.83 bits per heavy atom. The summed E-state index contributed by atoms with van der Waals surface area (Å²) in [5.74, 6) is 0.696. The van der Waals surface area contributed by atoms with Gasteiger partial charge in [0.1, 0.15) is 0 Å². The van der Waals surface area contributed by atoms with Crippen LogP contribution in [0, 0.1) is 0 Å². The minimum atomic E-state index is 0.696. The lowest BCUT2D eigenvalue weighted by Crippen LogP contribution is -2.19. The van der Waals surface area contributed by atoms with Gasteiger partial charge in [-0.2, -0.15) is 0 Å². The Bertz CT molecular complexity index is 693. The van der Waals surface area contributed by atoms with E-state index in [0.717, 1.165) is 31.4 Å². The maximum absolute atomic E-state index is 5.73. The molecule has 0 aliphatic heterocycles. The Balaban J connectivity index is 1.35. The summed E-state index contributed by atoms with van der Waals surface area (Å²) in [6.45, 7) is 2.71. The smallest absolute Gasteiger partial charge is 0.233 e. The standard InChI is InChI=1S/C18H22N4O/c1-21(15-16-7-9-19-10-8-16)11-4-5-13-23-18-14-17-6-2-3-12-22(17)20-18/h2-3,6-10,12,14H,4-5,11,13,15H2,1H3. The van der Waals surface area contributed by atoms with Crippen LogP contribution in [0.5, 0.6) is 5.88 Å². The van der Waals surface area contributed by atoms with Gasteiger partial charge in [-0.3, -0.25) is 4.98 Å². The second-order valence-electron chi connectivity index (χ2n) is 5.70. The van der Waals surface area contributed by atoms with Crippen molar-refractivity contribution < 1.29 is 4.74 Å². The molecule has 0 atom stereocenters. The first-order chi connectivity index (χ1) is 11.3. The lowest BCUT2D eigenvalue weighted by Gasteiger charge is -2.16. The van der Waals surface area contributed by atoms with Gasteiger partial charge in [-0.15, -0.1) is 5.10 Å². The number of ether oxygens (including phenoxy) is 1. The SMILES string of the molecule is CN(CCCCOc1cc2ccccn2n1)Cc1ccncc1. The summed E-state index contributed by atoms with van der Waals surface area (Å²) in [4.78, 5) is 6.36. The van der Waals surface area contributed by atoms with Crippen LogP contribution in [0.15, 0.2) is 55.0 Å². The Morgan fingerprint density at radius 2 is 2.00 bits per heavy atom. The fourth-order valence-electron chi connectivity index (χ4n) is 2.52. The predicted molar refractivity (Wildman–Crippen MR) is 90.5 cm³/mol. The largest absolute Gasteiger partial charge is 0.477 e. The van der Waals surface area contributed by atoms with E-state index in [1.165, 1.54) is 5.56 Å². The molecule has 0 amide bonds. The molecule has 0 aliphatic carbocycles. The molecule has 23 heavy (non-hydrogen) atoms. The number of pyridine rings is 2. The fourth-order valence-corrected chi connectivity index (χ4v) is 2.52. The summed E-state index contributed by atoms with van der Waals surface area (Å²) in [7, 11) is 2.14. The zero-order chi connectivity index (χ0) is 15.9. The molecule has 120 valence electrons. The first kappa shape index (κ1) is 15.5. The van der Waals surface area contributed by atoms with Crippen LogP contribution >= 0.6 is 0 Å². The summed E-state index contributed by atoms with van der Waals surface area (Å²) < 4.78 is 7.56. The normalized spacial score (nSPS) is 11.2. The molecule has 0 unspecified atom stereocenters. The fraction of sp³-hybridized carbons (Fsp3) is 0.333. The Kier molecular flexibility index (Phi) is 5.21. The maximum Gasteiger partial charge on any atom is 0.233 e. The number of unbranched alkanes of at least 4 members (excludes halogenated alkanes) is 1. The molecular weight excluding hydrogens is 288 g/mol. The highest BCUT2D eigenvalue weighted by Crippen LogP contribution is 2.13. The summed E-state index contributed by atoms with van der Waals surface area (Å²) in [6.07, 6.45) is 7.73. The molecule has 3 heterocycles. The molecule has 0 fully saturated rings. The highest BCUT2D eigenvalue weighted by molar-refractivity contribution is 5.48. The summed E-state index contributed by atoms with van der Waals surface area (Å²) in [5, 5.41) is 4.38. The molecule has 5 heteroatoms. The van der Waals surface area contributed by atoms with E-state index in [1.54, 1.807) is 0 Å². The van der Waals surface area contributed by atoms with Crippen LogP contribution < -0.4 is 4.74 Å². The number of rotatable bonds is 8. The molecule has 3 aromatic heterocycles. The van der Waals surface area contributed by atoms with Crippen molar-refractivity contribution in [1.29, 1.82) is 0 Å². The minimum Gasteiger partial charge on any atom is -0.477 e. The number of hydrogen-bond donors (Lipinski definition) is 0. The van der Waals surface area contributed by atoms with E-state index in [1.807, 2.05) is 47.4 Å². The van der Waals surface area contributed by atoms with Gasteiger partial charge in [0.2, 0.25) is 5.88 Å². The van der Waals surface area contributed by atoms with Crippen LogP contribution in [0.2, 0.25) is 0 Å². The number of hydrogen-bond acceptors (Lipinski definition) is 4. The van der Waals surface area contributed by atoms with Crippen LogP contribution in [-0.2, 0) is 6.54 Å². The van der Waals surface area contributed by atoms with E-state index in [9.17, 15) is 0 Å². The van der Waals surface area contributed by atoms with Gasteiger partial charge in [0.25, 0.3) is 0 Å². The molecule has 0 saturated heterocycles. The van der Waals surface area contributed by atoms with Gasteiger partial charge in [-0.25, -0.2) is 4.52 Å². The summed E-state index contributed by atoms with van der Waals surface area (Å²) >= 11 is 0. The van der Waals surface area contributed by atoms with E-state index >= 15 is 0 Å². The van der Waals surface area contributed by atoms with Crippen molar-refractivity contribution in [3.63, 3.8) is 0 Å². The maximum atomic E-state index is 5.73. The number of aromatic nitrogens is 3. The molecule has 0 spiro atoms. The van der Waals surface area contributed by atoms with Crippen molar-refractivity contribution >= 4 is 5.52 Å². The zero-order valence-electron chi connectivity index (χ0n) is 13.4. The third-order valence-electron chi connectivity index (χ3n) is 3.73. The molecule has 0 radical (unpaired) electrons. The average molecular weight is 310 g/mol. The highest BCUT2D eigenvalue weighted by Gasteiger charge is 2.03. The summed E-state index contributed by atoms with van der Waals surface area (Å²) in [5.41, 5.74) is 2.35. The first-order valence-electron chi connectivity index (χ1n) is 7.96. The van der Waals surface area contributed by atoms with E-state index < -0.39 is 0 Å². The van der Waals surface area contributed by atoms with Gasteiger partial charge in [0.05, 0.1) is 12.1 Å². The molecule has 0 aromatic carbocycles. The monoisotopic (exact) mass is 310 g/mol. The van der Waals surface area contributed by atoms with Crippen molar-refractivity contribution in [1.82, 2.24) is 19.5 Å². The lowest BCUT2D eigenvalue weighted by atomic mass is 10.2. The quantitative estimate of drug-likeness (QED) is 0.600. The van der Waals surface area contributed by atoms with Crippen LogP contribution in [0.3, 0.4) is 0 Å². The van der Waals surface area contributed by atoms with Crippen LogP contribution in [0.4, 0.5) is 0 Å². The molecule has 5 nitrogen and oxygen atoms in total. The van der Waals surface area contributed by atoms with E-state index in [0.29, 0.717) is 12.5 Å². The molecule has 0 aliphatic rings. The van der Waals surface area contributed by atoms with Crippen molar-refractivity contribution in [2.24, 2.45) is 0 Å². The Labute approximate surface area is 136 Å². The second-order valence-corrected chi connectivity index (χ2v) is 5.70. The molecule has 3 aromatic rings. The summed E-state index contributed by atoms with van der Waals surface area (Å²) in [6, 6.07) is 12.1. The van der Waals surface area contributed by atoms with Crippen molar-refractivity contribution in [2.75, 3.05) is 20.2 Å². The Morgan fingerprint density at radius 1 is 1.13 bits per heavy atom. The van der Waals surface area contributed by atoms with Crippen molar-refractivity contribution in [3.05, 3.63) is 60.6 Å². The van der Waals surface area contributed by atoms with Crippen LogP contribution in [0.1, 0.15) is 18.4 Å². The van der Waals surface area contributed by atoms with Gasteiger partial charge in [0.15, 0.2) is 0 Å². The topological polar surface area (TPSA) is 42.7 Å². The molecular formula is C18H22N4O. The third kappa shape index (κ3) is 4.53. The van der Waals surface area contributed by atoms with Gasteiger partial charge in [-0.1, -0.05) is 6.07 Å².